The number of carbonyl (C=O) groups is 1. The molecule has 0 aliphatic carbocycles. The maximum Gasteiger partial charge on any atom is 0.340 e. The van der Waals surface area contributed by atoms with E-state index in [0.717, 1.165) is 0 Å². The first kappa shape index (κ1) is 11.5. The molecule has 4 nitrogen and oxygen atoms in total. The van der Waals surface area contributed by atoms with Crippen molar-refractivity contribution in [2.45, 2.75) is 19.4 Å². The third kappa shape index (κ3) is 2.10. The number of ether oxygens (including phenoxy) is 1. The third-order valence-corrected chi connectivity index (χ3v) is 2.32. The zero-order valence-electron chi connectivity index (χ0n) is 8.86. The van der Waals surface area contributed by atoms with E-state index in [4.69, 9.17) is 15.6 Å². The Morgan fingerprint density at radius 3 is 2.60 bits per heavy atom. The van der Waals surface area contributed by atoms with Crippen LogP contribution in [0, 0.1) is 0 Å². The first-order valence-electron chi connectivity index (χ1n) is 4.74. The highest BCUT2D eigenvalue weighted by atomic mass is 16.5. The summed E-state index contributed by atoms with van der Waals surface area (Å²) in [6.45, 7) is 3.57. The lowest BCUT2D eigenvalue weighted by Crippen LogP contribution is -2.36. The molecule has 3 N–H and O–H groups in total. The quantitative estimate of drug-likeness (QED) is 0.739. The Hall–Kier alpha value is -1.55. The molecule has 0 bridgehead atoms. The zero-order valence-corrected chi connectivity index (χ0v) is 8.86. The molecule has 0 aliphatic rings. The number of carboxylic acid groups (broad SMARTS) is 1. The van der Waals surface area contributed by atoms with E-state index < -0.39 is 11.6 Å². The molecule has 82 valence electrons. The maximum atomic E-state index is 11.2. The van der Waals surface area contributed by atoms with E-state index in [1.54, 1.807) is 31.2 Å². The topological polar surface area (TPSA) is 72.5 Å². The predicted octanol–water partition coefficient (Wildman–Crippen LogP) is 1.61. The highest BCUT2D eigenvalue weighted by Gasteiger charge is 2.37. The standard InChI is InChI=1S/C11H15NO3/c1-3-15-11(2,10(13)14)8-6-4-5-7-9(8)12/h4-7H,3,12H2,1-2H3,(H,13,14). The molecule has 4 heteroatoms. The van der Waals surface area contributed by atoms with E-state index in [1.165, 1.54) is 6.92 Å². The number of benzene rings is 1. The summed E-state index contributed by atoms with van der Waals surface area (Å²) in [6, 6.07) is 6.83. The average Bonchev–Trinajstić information content (AvgIpc) is 2.18. The highest BCUT2D eigenvalue weighted by Crippen LogP contribution is 2.30. The second-order valence-corrected chi connectivity index (χ2v) is 3.36. The summed E-state index contributed by atoms with van der Waals surface area (Å²) in [5, 5.41) is 9.16. The van der Waals surface area contributed by atoms with Crippen LogP contribution in [0.4, 0.5) is 5.69 Å². The van der Waals surface area contributed by atoms with Gasteiger partial charge in [-0.05, 0) is 19.9 Å². The van der Waals surface area contributed by atoms with E-state index in [9.17, 15) is 4.79 Å². The second kappa shape index (κ2) is 4.31. The molecular formula is C11H15NO3. The van der Waals surface area contributed by atoms with Crippen LogP contribution >= 0.6 is 0 Å². The number of nitrogens with two attached hydrogens (primary N) is 1. The van der Waals surface area contributed by atoms with Gasteiger partial charge in [-0.3, -0.25) is 0 Å². The molecule has 0 spiro atoms. The van der Waals surface area contributed by atoms with Crippen LogP contribution in [0.25, 0.3) is 0 Å². The van der Waals surface area contributed by atoms with Gasteiger partial charge < -0.3 is 15.6 Å². The molecule has 1 unspecified atom stereocenters. The monoisotopic (exact) mass is 209 g/mol. The first-order chi connectivity index (χ1) is 7.02. The summed E-state index contributed by atoms with van der Waals surface area (Å²) in [7, 11) is 0. The number of anilines is 1. The Bertz CT molecular complexity index is 365. The summed E-state index contributed by atoms with van der Waals surface area (Å²) < 4.78 is 5.28. The van der Waals surface area contributed by atoms with Crippen molar-refractivity contribution in [3.63, 3.8) is 0 Å². The van der Waals surface area contributed by atoms with Gasteiger partial charge in [0.1, 0.15) is 0 Å². The van der Waals surface area contributed by atoms with Crippen molar-refractivity contribution in [1.29, 1.82) is 0 Å². The van der Waals surface area contributed by atoms with Gasteiger partial charge in [-0.2, -0.15) is 0 Å². The molecule has 1 atom stereocenters. The Balaban J connectivity index is 3.21. The van der Waals surface area contributed by atoms with Crippen LogP contribution in [0.15, 0.2) is 24.3 Å². The minimum absolute atomic E-state index is 0.317. The van der Waals surface area contributed by atoms with Crippen LogP contribution in [-0.4, -0.2) is 17.7 Å². The van der Waals surface area contributed by atoms with E-state index in [2.05, 4.69) is 0 Å². The lowest BCUT2D eigenvalue weighted by atomic mass is 9.94. The molecule has 0 fully saturated rings. The minimum Gasteiger partial charge on any atom is -0.479 e. The molecule has 0 radical (unpaired) electrons. The van der Waals surface area contributed by atoms with Crippen LogP contribution in [0.3, 0.4) is 0 Å². The summed E-state index contributed by atoms with van der Waals surface area (Å²) in [5.74, 6) is -1.04. The zero-order chi connectivity index (χ0) is 11.5. The van der Waals surface area contributed by atoms with Crippen molar-refractivity contribution in [2.24, 2.45) is 0 Å². The van der Waals surface area contributed by atoms with Gasteiger partial charge >= 0.3 is 5.97 Å². The Kier molecular flexibility index (Phi) is 3.31. The van der Waals surface area contributed by atoms with E-state index >= 15 is 0 Å². The normalized spacial score (nSPS) is 14.5. The first-order valence-corrected chi connectivity index (χ1v) is 4.74. The van der Waals surface area contributed by atoms with E-state index in [0.29, 0.717) is 17.9 Å². The van der Waals surface area contributed by atoms with Gasteiger partial charge in [-0.15, -0.1) is 0 Å². The van der Waals surface area contributed by atoms with Crippen molar-refractivity contribution in [3.8, 4) is 0 Å². The fourth-order valence-corrected chi connectivity index (χ4v) is 1.47. The molecule has 1 aromatic rings. The molecule has 15 heavy (non-hydrogen) atoms. The minimum atomic E-state index is -1.37. The lowest BCUT2D eigenvalue weighted by Gasteiger charge is -2.26. The molecule has 1 rings (SSSR count). The van der Waals surface area contributed by atoms with Gasteiger partial charge in [0.05, 0.1) is 0 Å². The summed E-state index contributed by atoms with van der Waals surface area (Å²) in [6.07, 6.45) is 0. The highest BCUT2D eigenvalue weighted by molar-refractivity contribution is 5.81. The molecule has 0 heterocycles. The molecule has 0 saturated carbocycles. The van der Waals surface area contributed by atoms with Gasteiger partial charge in [0, 0.05) is 17.9 Å². The van der Waals surface area contributed by atoms with Gasteiger partial charge in [0.2, 0.25) is 0 Å². The summed E-state index contributed by atoms with van der Waals surface area (Å²) in [5.41, 5.74) is 5.27. The number of hydrogen-bond donors (Lipinski definition) is 2. The van der Waals surface area contributed by atoms with Crippen LogP contribution < -0.4 is 5.73 Å². The SMILES string of the molecule is CCOC(C)(C(=O)O)c1ccccc1N. The van der Waals surface area contributed by atoms with Crippen LogP contribution in [0.2, 0.25) is 0 Å². The molecule has 0 aliphatic heterocycles. The largest absolute Gasteiger partial charge is 0.479 e. The van der Waals surface area contributed by atoms with E-state index in [-0.39, 0.29) is 0 Å². The Labute approximate surface area is 88.7 Å². The Morgan fingerprint density at radius 1 is 1.53 bits per heavy atom. The average molecular weight is 209 g/mol. The van der Waals surface area contributed by atoms with E-state index in [1.807, 2.05) is 0 Å². The molecule has 0 amide bonds. The number of carboxylic acids is 1. The smallest absolute Gasteiger partial charge is 0.340 e. The van der Waals surface area contributed by atoms with Crippen molar-refractivity contribution >= 4 is 11.7 Å². The van der Waals surface area contributed by atoms with Crippen molar-refractivity contribution < 1.29 is 14.6 Å². The number of aliphatic carboxylic acids is 1. The van der Waals surface area contributed by atoms with Gasteiger partial charge in [0.25, 0.3) is 0 Å². The third-order valence-electron chi connectivity index (χ3n) is 2.32. The fourth-order valence-electron chi connectivity index (χ4n) is 1.47. The van der Waals surface area contributed by atoms with Gasteiger partial charge in [0.15, 0.2) is 5.60 Å². The van der Waals surface area contributed by atoms with Crippen LogP contribution in [0.5, 0.6) is 0 Å². The maximum absolute atomic E-state index is 11.2. The van der Waals surface area contributed by atoms with Crippen molar-refractivity contribution in [3.05, 3.63) is 29.8 Å². The summed E-state index contributed by atoms with van der Waals surface area (Å²) in [4.78, 5) is 11.2. The van der Waals surface area contributed by atoms with Crippen molar-refractivity contribution in [2.75, 3.05) is 12.3 Å². The molecular weight excluding hydrogens is 194 g/mol. The predicted molar refractivity (Wildman–Crippen MR) is 57.5 cm³/mol. The lowest BCUT2D eigenvalue weighted by molar-refractivity contribution is -0.164. The second-order valence-electron chi connectivity index (χ2n) is 3.36. The number of para-hydroxylation sites is 1. The van der Waals surface area contributed by atoms with Gasteiger partial charge in [-0.1, -0.05) is 18.2 Å². The molecule has 0 aromatic heterocycles. The Morgan fingerprint density at radius 2 is 2.13 bits per heavy atom. The van der Waals surface area contributed by atoms with Crippen LogP contribution in [-0.2, 0) is 15.1 Å². The van der Waals surface area contributed by atoms with Gasteiger partial charge in [-0.25, -0.2) is 4.79 Å². The number of hydrogen-bond acceptors (Lipinski definition) is 3. The summed E-state index contributed by atoms with van der Waals surface area (Å²) >= 11 is 0. The molecule has 1 aromatic carbocycles. The fraction of sp³-hybridized carbons (Fsp3) is 0.364. The van der Waals surface area contributed by atoms with Crippen molar-refractivity contribution in [1.82, 2.24) is 0 Å². The van der Waals surface area contributed by atoms with Crippen LogP contribution in [0.1, 0.15) is 19.4 Å². The number of nitrogen functional groups attached to an aromatic ring is 1. The number of rotatable bonds is 4. The molecule has 0 saturated heterocycles.